The van der Waals surface area contributed by atoms with Crippen LogP contribution in [0, 0.1) is 5.92 Å². The molecule has 0 saturated heterocycles. The normalized spacial score (nSPS) is 15.3. The monoisotopic (exact) mass is 232 g/mol. The average Bonchev–Trinajstić information content (AvgIpc) is 1.78. The van der Waals surface area contributed by atoms with Gasteiger partial charge in [0, 0.05) is 16.1 Å². The van der Waals surface area contributed by atoms with Gasteiger partial charge >= 0.3 is 5.97 Å². The summed E-state index contributed by atoms with van der Waals surface area (Å²) in [7, 11) is -2.31. The number of hydrogen-bond donors (Lipinski definition) is 1. The lowest BCUT2D eigenvalue weighted by molar-refractivity contribution is -0.140. The van der Waals surface area contributed by atoms with Crippen LogP contribution in [0.2, 0.25) is 44.4 Å². The summed E-state index contributed by atoms with van der Waals surface area (Å²) in [4.78, 5) is 10.8. The van der Waals surface area contributed by atoms with E-state index in [-0.39, 0.29) is 5.92 Å². The topological polar surface area (TPSA) is 37.3 Å². The third-order valence-electron chi connectivity index (χ3n) is 2.29. The van der Waals surface area contributed by atoms with Crippen molar-refractivity contribution in [1.29, 1.82) is 0 Å². The molecule has 0 rings (SSSR count). The zero-order chi connectivity index (χ0) is 11.6. The fourth-order valence-corrected chi connectivity index (χ4v) is 16.3. The summed E-state index contributed by atoms with van der Waals surface area (Å²) in [6.07, 6.45) is 0. The van der Waals surface area contributed by atoms with Gasteiger partial charge in [-0.05, 0) is 6.04 Å². The highest BCUT2D eigenvalue weighted by Crippen LogP contribution is 2.26. The molecule has 0 aliphatic carbocycles. The van der Waals surface area contributed by atoms with Crippen LogP contribution < -0.4 is 0 Å². The van der Waals surface area contributed by atoms with Gasteiger partial charge in [-0.1, -0.05) is 45.3 Å². The van der Waals surface area contributed by atoms with Gasteiger partial charge in [-0.15, -0.1) is 0 Å². The van der Waals surface area contributed by atoms with E-state index < -0.39 is 22.1 Å². The SMILES string of the molecule is CC(C[Si](C)(C)C[Si](C)(C)C)C(=O)O. The molecule has 0 aliphatic rings. The molecule has 0 aromatic heterocycles. The summed E-state index contributed by atoms with van der Waals surface area (Å²) in [6.45, 7) is 13.6. The minimum atomic E-state index is -1.28. The molecular weight excluding hydrogens is 208 g/mol. The maximum absolute atomic E-state index is 10.8. The number of carboxylic acid groups (broad SMARTS) is 1. The lowest BCUT2D eigenvalue weighted by Gasteiger charge is -2.30. The van der Waals surface area contributed by atoms with E-state index in [0.29, 0.717) is 0 Å². The lowest BCUT2D eigenvalue weighted by Crippen LogP contribution is -2.39. The Kier molecular flexibility index (Phi) is 4.58. The molecule has 0 aromatic rings. The van der Waals surface area contributed by atoms with Crippen LogP contribution in [-0.4, -0.2) is 27.2 Å². The molecule has 0 spiro atoms. The molecule has 0 aliphatic heterocycles. The predicted molar refractivity (Wildman–Crippen MR) is 67.2 cm³/mol. The van der Waals surface area contributed by atoms with Gasteiger partial charge in [-0.3, -0.25) is 4.79 Å². The van der Waals surface area contributed by atoms with Gasteiger partial charge in [0.25, 0.3) is 0 Å². The highest BCUT2D eigenvalue weighted by atomic mass is 28.4. The van der Waals surface area contributed by atoms with E-state index in [0.717, 1.165) is 6.04 Å². The van der Waals surface area contributed by atoms with Crippen molar-refractivity contribution in [3.8, 4) is 0 Å². The number of carboxylic acids is 1. The second-order valence-electron chi connectivity index (χ2n) is 6.35. The van der Waals surface area contributed by atoms with E-state index in [1.165, 1.54) is 5.67 Å². The smallest absolute Gasteiger partial charge is 0.305 e. The number of aliphatic carboxylic acids is 1. The zero-order valence-electron chi connectivity index (χ0n) is 10.3. The number of carbonyl (C=O) groups is 1. The molecule has 14 heavy (non-hydrogen) atoms. The summed E-state index contributed by atoms with van der Waals surface area (Å²) in [5, 5.41) is 8.88. The second kappa shape index (κ2) is 4.62. The Morgan fingerprint density at radius 3 is 1.93 bits per heavy atom. The van der Waals surface area contributed by atoms with Gasteiger partial charge < -0.3 is 5.11 Å². The van der Waals surface area contributed by atoms with Gasteiger partial charge in [0.15, 0.2) is 0 Å². The summed E-state index contributed by atoms with van der Waals surface area (Å²) in [6, 6.07) is 0.923. The van der Waals surface area contributed by atoms with Crippen molar-refractivity contribution in [2.24, 2.45) is 5.92 Å². The van der Waals surface area contributed by atoms with Gasteiger partial charge in [-0.2, -0.15) is 0 Å². The Morgan fingerprint density at radius 2 is 1.64 bits per heavy atom. The van der Waals surface area contributed by atoms with Gasteiger partial charge in [0.2, 0.25) is 0 Å². The fourth-order valence-electron chi connectivity index (χ4n) is 2.42. The molecule has 1 atom stereocenters. The summed E-state index contributed by atoms with van der Waals surface area (Å²) in [5.41, 5.74) is 1.33. The Hall–Kier alpha value is -0.0962. The molecule has 0 saturated carbocycles. The van der Waals surface area contributed by atoms with Crippen LogP contribution >= 0.6 is 0 Å². The summed E-state index contributed by atoms with van der Waals surface area (Å²) >= 11 is 0. The predicted octanol–water partition coefficient (Wildman–Crippen LogP) is 3.29. The highest BCUT2D eigenvalue weighted by Gasteiger charge is 2.31. The molecule has 0 heterocycles. The molecule has 0 amide bonds. The first-order chi connectivity index (χ1) is 6.03. The first kappa shape index (κ1) is 13.9. The maximum Gasteiger partial charge on any atom is 0.305 e. The molecular formula is C10H24O2Si2. The Morgan fingerprint density at radius 1 is 1.21 bits per heavy atom. The van der Waals surface area contributed by atoms with Crippen molar-refractivity contribution in [1.82, 2.24) is 0 Å². The quantitative estimate of drug-likeness (QED) is 0.739. The first-order valence-electron chi connectivity index (χ1n) is 5.26. The average molecular weight is 232 g/mol. The van der Waals surface area contributed by atoms with E-state index in [9.17, 15) is 4.79 Å². The largest absolute Gasteiger partial charge is 0.481 e. The molecule has 0 aromatic carbocycles. The van der Waals surface area contributed by atoms with E-state index in [4.69, 9.17) is 5.11 Å². The van der Waals surface area contributed by atoms with Crippen molar-refractivity contribution < 1.29 is 9.90 Å². The molecule has 2 nitrogen and oxygen atoms in total. The third-order valence-corrected chi connectivity index (χ3v) is 12.1. The first-order valence-corrected chi connectivity index (χ1v) is 12.4. The van der Waals surface area contributed by atoms with Gasteiger partial charge in [-0.25, -0.2) is 0 Å². The Labute approximate surface area is 89.7 Å². The third kappa shape index (κ3) is 6.37. The highest BCUT2D eigenvalue weighted by molar-refractivity contribution is 6.94. The van der Waals surface area contributed by atoms with Crippen LogP contribution in [0.1, 0.15) is 6.92 Å². The minimum Gasteiger partial charge on any atom is -0.481 e. The molecule has 4 heteroatoms. The van der Waals surface area contributed by atoms with Crippen LogP contribution in [0.4, 0.5) is 0 Å². The van der Waals surface area contributed by atoms with Gasteiger partial charge in [0.05, 0.1) is 5.92 Å². The van der Waals surface area contributed by atoms with E-state index in [1.807, 2.05) is 6.92 Å². The van der Waals surface area contributed by atoms with Crippen molar-refractivity contribution in [3.05, 3.63) is 0 Å². The lowest BCUT2D eigenvalue weighted by atomic mass is 10.2. The zero-order valence-corrected chi connectivity index (χ0v) is 12.3. The van der Waals surface area contributed by atoms with Crippen molar-refractivity contribution in [2.75, 3.05) is 0 Å². The maximum atomic E-state index is 10.8. The molecule has 1 unspecified atom stereocenters. The van der Waals surface area contributed by atoms with Crippen LogP contribution in [0.5, 0.6) is 0 Å². The van der Waals surface area contributed by atoms with E-state index in [1.54, 1.807) is 0 Å². The van der Waals surface area contributed by atoms with Crippen molar-refractivity contribution in [3.63, 3.8) is 0 Å². The summed E-state index contributed by atoms with van der Waals surface area (Å²) in [5.74, 6) is -0.797. The molecule has 0 bridgehead atoms. The van der Waals surface area contributed by atoms with E-state index >= 15 is 0 Å². The molecule has 84 valence electrons. The fraction of sp³-hybridized carbons (Fsp3) is 0.900. The van der Waals surface area contributed by atoms with Crippen LogP contribution in [0.25, 0.3) is 0 Å². The molecule has 0 radical (unpaired) electrons. The Bertz CT molecular complexity index is 207. The van der Waals surface area contributed by atoms with Gasteiger partial charge in [0.1, 0.15) is 0 Å². The standard InChI is InChI=1S/C10H24O2Si2/c1-9(10(11)12)7-14(5,6)8-13(2,3)4/h9H,7-8H2,1-6H3,(H,11,12). The molecule has 1 N–H and O–H groups in total. The second-order valence-corrected chi connectivity index (χ2v) is 17.6. The number of hydrogen-bond acceptors (Lipinski definition) is 1. The molecule has 0 fully saturated rings. The van der Waals surface area contributed by atoms with Crippen molar-refractivity contribution >= 4 is 22.1 Å². The Balaban J connectivity index is 4.27. The van der Waals surface area contributed by atoms with Crippen LogP contribution in [-0.2, 0) is 4.79 Å². The van der Waals surface area contributed by atoms with Crippen LogP contribution in [0.3, 0.4) is 0 Å². The van der Waals surface area contributed by atoms with E-state index in [2.05, 4.69) is 32.7 Å². The summed E-state index contributed by atoms with van der Waals surface area (Å²) < 4.78 is 0. The minimum absolute atomic E-state index is 0.159. The van der Waals surface area contributed by atoms with Crippen molar-refractivity contribution in [2.45, 2.75) is 51.4 Å². The number of rotatable bonds is 5. The van der Waals surface area contributed by atoms with Crippen LogP contribution in [0.15, 0.2) is 0 Å².